The standard InChI is InChI=1S/C14H24N4O/c1-14(2,3)5-6-15-12-8-13(17-10-16-12)18-7-4-11(19)9-18/h8,10-11,19H,4-7,9H2,1-3H3,(H,15,16,17). The third kappa shape index (κ3) is 4.35. The van der Waals surface area contributed by atoms with Crippen LogP contribution in [0.4, 0.5) is 11.6 Å². The Balaban J connectivity index is 1.92. The molecule has 2 N–H and O–H groups in total. The minimum atomic E-state index is -0.229. The van der Waals surface area contributed by atoms with Crippen molar-refractivity contribution in [3.63, 3.8) is 0 Å². The van der Waals surface area contributed by atoms with Gasteiger partial charge in [-0.05, 0) is 18.3 Å². The molecule has 0 spiro atoms. The average molecular weight is 264 g/mol. The lowest BCUT2D eigenvalue weighted by Crippen LogP contribution is -2.22. The second-order valence-corrected chi connectivity index (χ2v) is 6.39. The normalized spacial score (nSPS) is 19.8. The molecule has 1 aliphatic heterocycles. The Morgan fingerprint density at radius 2 is 2.21 bits per heavy atom. The van der Waals surface area contributed by atoms with Crippen molar-refractivity contribution < 1.29 is 5.11 Å². The van der Waals surface area contributed by atoms with Crippen molar-refractivity contribution in [3.05, 3.63) is 12.4 Å². The third-order valence-corrected chi connectivity index (χ3v) is 3.32. The average Bonchev–Trinajstić information content (AvgIpc) is 2.75. The van der Waals surface area contributed by atoms with Gasteiger partial charge in [-0.1, -0.05) is 20.8 Å². The van der Waals surface area contributed by atoms with Gasteiger partial charge in [0.15, 0.2) is 0 Å². The van der Waals surface area contributed by atoms with E-state index in [-0.39, 0.29) is 6.10 Å². The Kier molecular flexibility index (Phi) is 4.24. The molecule has 0 bridgehead atoms. The highest BCUT2D eigenvalue weighted by Gasteiger charge is 2.21. The fraction of sp³-hybridized carbons (Fsp3) is 0.714. The number of anilines is 2. The van der Waals surface area contributed by atoms with Crippen LogP contribution in [-0.2, 0) is 0 Å². The molecule has 2 heterocycles. The molecule has 5 heteroatoms. The minimum absolute atomic E-state index is 0.229. The van der Waals surface area contributed by atoms with Crippen LogP contribution in [0.2, 0.25) is 0 Å². The van der Waals surface area contributed by atoms with Gasteiger partial charge in [-0.25, -0.2) is 9.97 Å². The fourth-order valence-electron chi connectivity index (χ4n) is 2.13. The molecule has 0 amide bonds. The maximum atomic E-state index is 9.56. The molecule has 1 unspecified atom stereocenters. The largest absolute Gasteiger partial charge is 0.391 e. The Morgan fingerprint density at radius 1 is 1.42 bits per heavy atom. The van der Waals surface area contributed by atoms with Gasteiger partial charge < -0.3 is 15.3 Å². The summed E-state index contributed by atoms with van der Waals surface area (Å²) in [5, 5.41) is 12.9. The highest BCUT2D eigenvalue weighted by Crippen LogP contribution is 2.21. The highest BCUT2D eigenvalue weighted by atomic mass is 16.3. The van der Waals surface area contributed by atoms with Crippen LogP contribution in [0.25, 0.3) is 0 Å². The first-order valence-corrected chi connectivity index (χ1v) is 6.93. The van der Waals surface area contributed by atoms with E-state index in [9.17, 15) is 5.11 Å². The van der Waals surface area contributed by atoms with Gasteiger partial charge in [0, 0.05) is 25.7 Å². The smallest absolute Gasteiger partial charge is 0.134 e. The van der Waals surface area contributed by atoms with E-state index in [4.69, 9.17) is 0 Å². The van der Waals surface area contributed by atoms with Gasteiger partial charge in [0.2, 0.25) is 0 Å². The Morgan fingerprint density at radius 3 is 2.84 bits per heavy atom. The SMILES string of the molecule is CC(C)(C)CCNc1cc(N2CCC(O)C2)ncn1. The van der Waals surface area contributed by atoms with E-state index in [1.54, 1.807) is 6.33 Å². The van der Waals surface area contributed by atoms with Gasteiger partial charge in [-0.2, -0.15) is 0 Å². The van der Waals surface area contributed by atoms with E-state index in [1.807, 2.05) is 6.07 Å². The molecule has 1 aliphatic rings. The molecule has 0 aliphatic carbocycles. The molecular formula is C14H24N4O. The monoisotopic (exact) mass is 264 g/mol. The fourth-order valence-corrected chi connectivity index (χ4v) is 2.13. The number of rotatable bonds is 4. The van der Waals surface area contributed by atoms with E-state index < -0.39 is 0 Å². The number of aliphatic hydroxyl groups excluding tert-OH is 1. The van der Waals surface area contributed by atoms with Crippen molar-refractivity contribution in [1.82, 2.24) is 9.97 Å². The number of aliphatic hydroxyl groups is 1. The third-order valence-electron chi connectivity index (χ3n) is 3.32. The van der Waals surface area contributed by atoms with Crippen LogP contribution in [0, 0.1) is 5.41 Å². The van der Waals surface area contributed by atoms with Gasteiger partial charge in [-0.15, -0.1) is 0 Å². The summed E-state index contributed by atoms with van der Waals surface area (Å²) >= 11 is 0. The summed E-state index contributed by atoms with van der Waals surface area (Å²) in [7, 11) is 0. The molecule has 1 atom stereocenters. The molecule has 0 radical (unpaired) electrons. The maximum absolute atomic E-state index is 9.56. The number of aromatic nitrogens is 2. The van der Waals surface area contributed by atoms with Gasteiger partial charge >= 0.3 is 0 Å². The van der Waals surface area contributed by atoms with Crippen molar-refractivity contribution >= 4 is 11.6 Å². The van der Waals surface area contributed by atoms with Gasteiger partial charge in [0.25, 0.3) is 0 Å². The lowest BCUT2D eigenvalue weighted by Gasteiger charge is -2.19. The van der Waals surface area contributed by atoms with Crippen molar-refractivity contribution in [2.45, 2.75) is 39.7 Å². The summed E-state index contributed by atoms with van der Waals surface area (Å²) in [6.45, 7) is 9.11. The molecule has 1 aromatic heterocycles. The van der Waals surface area contributed by atoms with E-state index in [2.05, 4.69) is 41.0 Å². The summed E-state index contributed by atoms with van der Waals surface area (Å²) < 4.78 is 0. The maximum Gasteiger partial charge on any atom is 0.134 e. The van der Waals surface area contributed by atoms with E-state index in [0.29, 0.717) is 12.0 Å². The predicted molar refractivity (Wildman–Crippen MR) is 77.4 cm³/mol. The Bertz CT molecular complexity index is 416. The second-order valence-electron chi connectivity index (χ2n) is 6.39. The summed E-state index contributed by atoms with van der Waals surface area (Å²) in [5.74, 6) is 1.75. The zero-order valence-electron chi connectivity index (χ0n) is 12.1. The summed E-state index contributed by atoms with van der Waals surface area (Å²) in [6, 6.07) is 1.96. The number of nitrogens with zero attached hydrogens (tertiary/aromatic N) is 3. The van der Waals surface area contributed by atoms with Gasteiger partial charge in [0.1, 0.15) is 18.0 Å². The van der Waals surface area contributed by atoms with Gasteiger partial charge in [-0.3, -0.25) is 0 Å². The van der Waals surface area contributed by atoms with Crippen LogP contribution in [0.5, 0.6) is 0 Å². The zero-order chi connectivity index (χ0) is 13.9. The Labute approximate surface area is 115 Å². The number of nitrogens with one attached hydrogen (secondary N) is 1. The molecule has 0 aromatic carbocycles. The lowest BCUT2D eigenvalue weighted by molar-refractivity contribution is 0.198. The van der Waals surface area contributed by atoms with Crippen LogP contribution in [0.1, 0.15) is 33.6 Å². The van der Waals surface area contributed by atoms with Crippen LogP contribution in [0.3, 0.4) is 0 Å². The first-order chi connectivity index (χ1) is 8.94. The van der Waals surface area contributed by atoms with Crippen LogP contribution < -0.4 is 10.2 Å². The molecule has 5 nitrogen and oxygen atoms in total. The van der Waals surface area contributed by atoms with E-state index >= 15 is 0 Å². The van der Waals surface area contributed by atoms with Gasteiger partial charge in [0.05, 0.1) is 6.10 Å². The minimum Gasteiger partial charge on any atom is -0.391 e. The molecule has 1 fully saturated rings. The summed E-state index contributed by atoms with van der Waals surface area (Å²) in [6.07, 6.45) is 3.26. The molecular weight excluding hydrogens is 240 g/mol. The van der Waals surface area contributed by atoms with Crippen molar-refractivity contribution in [2.24, 2.45) is 5.41 Å². The first-order valence-electron chi connectivity index (χ1n) is 6.93. The molecule has 106 valence electrons. The Hall–Kier alpha value is -1.36. The number of β-amino-alcohol motifs (C(OH)–C–C–N with tert-alkyl or cyclic N) is 1. The quantitative estimate of drug-likeness (QED) is 0.869. The molecule has 2 rings (SSSR count). The molecule has 1 saturated heterocycles. The number of hydrogen-bond donors (Lipinski definition) is 2. The predicted octanol–water partition coefficient (Wildman–Crippen LogP) is 1.90. The van der Waals surface area contributed by atoms with E-state index in [0.717, 1.165) is 37.6 Å². The highest BCUT2D eigenvalue weighted by molar-refractivity contribution is 5.49. The van der Waals surface area contributed by atoms with Crippen LogP contribution >= 0.6 is 0 Å². The molecule has 19 heavy (non-hydrogen) atoms. The van der Waals surface area contributed by atoms with Crippen molar-refractivity contribution in [2.75, 3.05) is 29.9 Å². The summed E-state index contributed by atoms with van der Waals surface area (Å²) in [4.78, 5) is 10.6. The summed E-state index contributed by atoms with van der Waals surface area (Å²) in [5.41, 5.74) is 0.321. The van der Waals surface area contributed by atoms with Crippen molar-refractivity contribution in [1.29, 1.82) is 0 Å². The topological polar surface area (TPSA) is 61.3 Å². The van der Waals surface area contributed by atoms with Crippen LogP contribution in [-0.4, -0.2) is 40.8 Å². The lowest BCUT2D eigenvalue weighted by atomic mass is 9.92. The molecule has 0 saturated carbocycles. The molecule has 1 aromatic rings. The van der Waals surface area contributed by atoms with Crippen molar-refractivity contribution in [3.8, 4) is 0 Å². The zero-order valence-corrected chi connectivity index (χ0v) is 12.1. The van der Waals surface area contributed by atoms with Crippen LogP contribution in [0.15, 0.2) is 12.4 Å². The van der Waals surface area contributed by atoms with E-state index in [1.165, 1.54) is 0 Å². The first kappa shape index (κ1) is 14.1. The second kappa shape index (κ2) is 5.74. The number of hydrogen-bond acceptors (Lipinski definition) is 5.